The molecule has 1 aliphatic rings. The molecule has 0 saturated heterocycles. The molecule has 0 radical (unpaired) electrons. The van der Waals surface area contributed by atoms with Crippen LogP contribution in [0.25, 0.3) is 0 Å². The van der Waals surface area contributed by atoms with Crippen LogP contribution >= 0.6 is 0 Å². The van der Waals surface area contributed by atoms with Gasteiger partial charge in [0.1, 0.15) is 0 Å². The van der Waals surface area contributed by atoms with Gasteiger partial charge in [0.15, 0.2) is 0 Å². The van der Waals surface area contributed by atoms with Crippen molar-refractivity contribution in [1.82, 2.24) is 4.90 Å². The number of nitrogens with zero attached hydrogens (tertiary/aromatic N) is 1. The van der Waals surface area contributed by atoms with Gasteiger partial charge in [-0.15, -0.1) is 0 Å². The predicted molar refractivity (Wildman–Crippen MR) is 61.5 cm³/mol. The monoisotopic (exact) mass is 205 g/mol. The summed E-state index contributed by atoms with van der Waals surface area (Å²) in [6, 6.07) is 9.09. The van der Waals surface area contributed by atoms with Crippen molar-refractivity contribution in [3.8, 4) is 0 Å². The molecule has 0 amide bonds. The van der Waals surface area contributed by atoms with Gasteiger partial charge in [-0.1, -0.05) is 31.2 Å². The molecule has 1 aliphatic carbocycles. The van der Waals surface area contributed by atoms with Gasteiger partial charge >= 0.3 is 0 Å². The molecule has 0 spiro atoms. The Bertz CT molecular complexity index is 303. The van der Waals surface area contributed by atoms with E-state index in [0.717, 1.165) is 24.7 Å². The van der Waals surface area contributed by atoms with Crippen LogP contribution in [0.3, 0.4) is 0 Å². The highest BCUT2D eigenvalue weighted by molar-refractivity contribution is 5.22. The van der Waals surface area contributed by atoms with Crippen molar-refractivity contribution in [2.24, 2.45) is 0 Å². The van der Waals surface area contributed by atoms with Crippen LogP contribution in [0.4, 0.5) is 0 Å². The van der Waals surface area contributed by atoms with Crippen LogP contribution < -0.4 is 0 Å². The van der Waals surface area contributed by atoms with E-state index in [1.807, 2.05) is 12.1 Å². The van der Waals surface area contributed by atoms with E-state index in [2.05, 4.69) is 24.0 Å². The second kappa shape index (κ2) is 4.77. The highest BCUT2D eigenvalue weighted by atomic mass is 16.3. The Morgan fingerprint density at radius 2 is 1.80 bits per heavy atom. The molecular weight excluding hydrogens is 186 g/mol. The first-order valence-corrected chi connectivity index (χ1v) is 5.76. The average Bonchev–Trinajstić information content (AvgIpc) is 3.10. The molecule has 0 aromatic heterocycles. The molecule has 1 saturated carbocycles. The third kappa shape index (κ3) is 2.80. The summed E-state index contributed by atoms with van der Waals surface area (Å²) in [5, 5.41) is 8.94. The summed E-state index contributed by atoms with van der Waals surface area (Å²) >= 11 is 0. The summed E-state index contributed by atoms with van der Waals surface area (Å²) in [7, 11) is 0. The van der Waals surface area contributed by atoms with E-state index in [9.17, 15) is 0 Å². The molecule has 82 valence electrons. The second-order valence-corrected chi connectivity index (χ2v) is 4.27. The van der Waals surface area contributed by atoms with Crippen LogP contribution in [0.2, 0.25) is 0 Å². The fourth-order valence-corrected chi connectivity index (χ4v) is 1.92. The lowest BCUT2D eigenvalue weighted by Crippen LogP contribution is -2.24. The number of aliphatic hydroxyl groups excluding tert-OH is 1. The Kier molecular flexibility index (Phi) is 3.39. The SMILES string of the molecule is CCN(Cc1ccc(CO)cc1)C1CC1. The molecule has 1 aromatic carbocycles. The lowest BCUT2D eigenvalue weighted by atomic mass is 10.1. The van der Waals surface area contributed by atoms with E-state index in [0.29, 0.717) is 0 Å². The van der Waals surface area contributed by atoms with E-state index in [-0.39, 0.29) is 6.61 Å². The summed E-state index contributed by atoms with van der Waals surface area (Å²) < 4.78 is 0. The van der Waals surface area contributed by atoms with Crippen LogP contribution in [0.1, 0.15) is 30.9 Å². The van der Waals surface area contributed by atoms with Crippen LogP contribution in [0.15, 0.2) is 24.3 Å². The number of rotatable bonds is 5. The van der Waals surface area contributed by atoms with Gasteiger partial charge in [-0.05, 0) is 30.5 Å². The first-order valence-electron chi connectivity index (χ1n) is 5.76. The van der Waals surface area contributed by atoms with Gasteiger partial charge in [-0.3, -0.25) is 4.90 Å². The Morgan fingerprint density at radius 1 is 1.20 bits per heavy atom. The number of hydrogen-bond acceptors (Lipinski definition) is 2. The predicted octanol–water partition coefficient (Wildman–Crippen LogP) is 2.16. The highest BCUT2D eigenvalue weighted by Gasteiger charge is 2.27. The fraction of sp³-hybridized carbons (Fsp3) is 0.538. The maximum atomic E-state index is 8.94. The molecule has 0 bridgehead atoms. The third-order valence-electron chi connectivity index (χ3n) is 3.06. The molecule has 0 aliphatic heterocycles. The summed E-state index contributed by atoms with van der Waals surface area (Å²) in [4.78, 5) is 2.52. The number of benzene rings is 1. The maximum absolute atomic E-state index is 8.94. The second-order valence-electron chi connectivity index (χ2n) is 4.27. The normalized spacial score (nSPS) is 15.9. The minimum Gasteiger partial charge on any atom is -0.392 e. The van der Waals surface area contributed by atoms with Crippen molar-refractivity contribution in [1.29, 1.82) is 0 Å². The topological polar surface area (TPSA) is 23.5 Å². The molecule has 15 heavy (non-hydrogen) atoms. The van der Waals surface area contributed by atoms with Crippen molar-refractivity contribution in [3.05, 3.63) is 35.4 Å². The van der Waals surface area contributed by atoms with E-state index in [1.54, 1.807) is 0 Å². The van der Waals surface area contributed by atoms with Crippen molar-refractivity contribution in [3.63, 3.8) is 0 Å². The standard InChI is InChI=1S/C13H19NO/c1-2-14(13-7-8-13)9-11-3-5-12(10-15)6-4-11/h3-6,13,15H,2,7-10H2,1H3. The first-order chi connectivity index (χ1) is 7.33. The van der Waals surface area contributed by atoms with Gasteiger partial charge in [0.25, 0.3) is 0 Å². The van der Waals surface area contributed by atoms with Gasteiger partial charge in [0, 0.05) is 12.6 Å². The van der Waals surface area contributed by atoms with Crippen molar-refractivity contribution in [2.45, 2.75) is 39.0 Å². The quantitative estimate of drug-likeness (QED) is 0.796. The molecule has 2 nitrogen and oxygen atoms in total. The summed E-state index contributed by atoms with van der Waals surface area (Å²) in [6.45, 7) is 4.54. The fourth-order valence-electron chi connectivity index (χ4n) is 1.92. The van der Waals surface area contributed by atoms with Gasteiger partial charge in [0.05, 0.1) is 6.61 Å². The molecule has 1 fully saturated rings. The van der Waals surface area contributed by atoms with E-state index in [1.165, 1.54) is 18.4 Å². The molecule has 0 heterocycles. The lowest BCUT2D eigenvalue weighted by Gasteiger charge is -2.19. The van der Waals surface area contributed by atoms with Gasteiger partial charge < -0.3 is 5.11 Å². The molecule has 0 atom stereocenters. The number of aliphatic hydroxyl groups is 1. The van der Waals surface area contributed by atoms with Gasteiger partial charge in [-0.25, -0.2) is 0 Å². The smallest absolute Gasteiger partial charge is 0.0681 e. The van der Waals surface area contributed by atoms with E-state index < -0.39 is 0 Å². The van der Waals surface area contributed by atoms with Crippen LogP contribution in [0.5, 0.6) is 0 Å². The average molecular weight is 205 g/mol. The zero-order chi connectivity index (χ0) is 10.7. The zero-order valence-electron chi connectivity index (χ0n) is 9.32. The third-order valence-corrected chi connectivity index (χ3v) is 3.06. The lowest BCUT2D eigenvalue weighted by molar-refractivity contribution is 0.268. The Morgan fingerprint density at radius 3 is 2.27 bits per heavy atom. The summed E-state index contributed by atoms with van der Waals surface area (Å²) in [5.41, 5.74) is 2.34. The van der Waals surface area contributed by atoms with Crippen molar-refractivity contribution >= 4 is 0 Å². The Hall–Kier alpha value is -0.860. The van der Waals surface area contributed by atoms with Gasteiger partial charge in [-0.2, -0.15) is 0 Å². The molecule has 2 rings (SSSR count). The number of hydrogen-bond donors (Lipinski definition) is 1. The van der Waals surface area contributed by atoms with Crippen LogP contribution in [0, 0.1) is 0 Å². The van der Waals surface area contributed by atoms with E-state index >= 15 is 0 Å². The molecule has 1 aromatic rings. The Labute approximate surface area is 91.5 Å². The van der Waals surface area contributed by atoms with Crippen LogP contribution in [-0.2, 0) is 13.2 Å². The molecular formula is C13H19NO. The minimum absolute atomic E-state index is 0.139. The summed E-state index contributed by atoms with van der Waals surface area (Å²) in [6.07, 6.45) is 2.73. The van der Waals surface area contributed by atoms with Gasteiger partial charge in [0.2, 0.25) is 0 Å². The van der Waals surface area contributed by atoms with Crippen molar-refractivity contribution in [2.75, 3.05) is 6.54 Å². The molecule has 0 unspecified atom stereocenters. The van der Waals surface area contributed by atoms with E-state index in [4.69, 9.17) is 5.11 Å². The zero-order valence-corrected chi connectivity index (χ0v) is 9.32. The minimum atomic E-state index is 0.139. The maximum Gasteiger partial charge on any atom is 0.0681 e. The Balaban J connectivity index is 1.96. The molecule has 2 heteroatoms. The largest absolute Gasteiger partial charge is 0.392 e. The molecule has 1 N–H and O–H groups in total. The first kappa shape index (κ1) is 10.7. The van der Waals surface area contributed by atoms with Crippen molar-refractivity contribution < 1.29 is 5.11 Å². The summed E-state index contributed by atoms with van der Waals surface area (Å²) in [5.74, 6) is 0. The van der Waals surface area contributed by atoms with Crippen LogP contribution in [-0.4, -0.2) is 22.6 Å². The highest BCUT2D eigenvalue weighted by Crippen LogP contribution is 2.27.